The maximum Gasteiger partial charge on any atom is 0.126 e. The summed E-state index contributed by atoms with van der Waals surface area (Å²) in [5.74, 6) is 3.50. The number of phenols is 2. The van der Waals surface area contributed by atoms with Gasteiger partial charge in [0.15, 0.2) is 0 Å². The summed E-state index contributed by atoms with van der Waals surface area (Å²) in [6, 6.07) is 4.56. The first kappa shape index (κ1) is 32.4. The summed E-state index contributed by atoms with van der Waals surface area (Å²) in [5, 5.41) is 23.7. The van der Waals surface area contributed by atoms with Crippen LogP contribution in [0.3, 0.4) is 0 Å². The van der Waals surface area contributed by atoms with Gasteiger partial charge in [0.2, 0.25) is 0 Å². The smallest absolute Gasteiger partial charge is 0.126 e. The van der Waals surface area contributed by atoms with Gasteiger partial charge in [-0.15, -0.1) is 0 Å². The van der Waals surface area contributed by atoms with Crippen molar-refractivity contribution in [3.05, 3.63) is 68.8 Å². The maximum absolute atomic E-state index is 11.9. The van der Waals surface area contributed by atoms with Crippen LogP contribution in [0.1, 0.15) is 164 Å². The van der Waals surface area contributed by atoms with Crippen LogP contribution in [0.15, 0.2) is 35.4 Å². The number of benzene rings is 2. The average Bonchev–Trinajstić information content (AvgIpc) is 2.91. The summed E-state index contributed by atoms with van der Waals surface area (Å²) in [6.07, 6.45) is 13.9. The van der Waals surface area contributed by atoms with Crippen LogP contribution in [0.5, 0.6) is 11.5 Å². The van der Waals surface area contributed by atoms with Crippen molar-refractivity contribution in [1.29, 1.82) is 0 Å². The highest BCUT2D eigenvalue weighted by Gasteiger charge is 2.37. The molecule has 2 heteroatoms. The number of fused-ring (bicyclic) bond motifs is 2. The Bertz CT molecular complexity index is 1230. The van der Waals surface area contributed by atoms with E-state index < -0.39 is 0 Å². The van der Waals surface area contributed by atoms with Crippen molar-refractivity contribution in [3.8, 4) is 22.6 Å². The molecule has 0 radical (unpaired) electrons. The van der Waals surface area contributed by atoms with Gasteiger partial charge in [-0.05, 0) is 162 Å². The quantitative estimate of drug-likeness (QED) is 0.294. The fourth-order valence-corrected chi connectivity index (χ4v) is 8.19. The van der Waals surface area contributed by atoms with Crippen molar-refractivity contribution in [3.63, 3.8) is 0 Å². The Hall–Kier alpha value is -2.48. The molecular formula is C40H58O2. The van der Waals surface area contributed by atoms with Crippen molar-refractivity contribution >= 4 is 0 Å². The van der Waals surface area contributed by atoms with E-state index in [1.54, 1.807) is 0 Å². The third-order valence-electron chi connectivity index (χ3n) is 10.7. The molecule has 2 aromatic carbocycles. The van der Waals surface area contributed by atoms with Gasteiger partial charge in [-0.1, -0.05) is 63.1 Å². The van der Waals surface area contributed by atoms with Crippen molar-refractivity contribution in [2.45, 2.75) is 144 Å². The summed E-state index contributed by atoms with van der Waals surface area (Å²) in [7, 11) is 0. The molecule has 230 valence electrons. The maximum atomic E-state index is 11.9. The van der Waals surface area contributed by atoms with E-state index in [1.165, 1.54) is 59.1 Å². The van der Waals surface area contributed by atoms with Crippen molar-refractivity contribution < 1.29 is 10.2 Å². The van der Waals surface area contributed by atoms with E-state index in [0.717, 1.165) is 47.9 Å². The van der Waals surface area contributed by atoms with Crippen LogP contribution >= 0.6 is 0 Å². The lowest BCUT2D eigenvalue weighted by Gasteiger charge is -2.39. The minimum Gasteiger partial charge on any atom is -0.507 e. The van der Waals surface area contributed by atoms with Gasteiger partial charge in [-0.25, -0.2) is 0 Å². The molecule has 2 aliphatic carbocycles. The zero-order chi connectivity index (χ0) is 30.9. The molecule has 0 amide bonds. The van der Waals surface area contributed by atoms with E-state index >= 15 is 0 Å². The molecule has 4 rings (SSSR count). The molecule has 2 aliphatic rings. The van der Waals surface area contributed by atoms with Gasteiger partial charge in [-0.3, -0.25) is 0 Å². The number of allylic oxidation sites excluding steroid dienone is 4. The van der Waals surface area contributed by atoms with E-state index in [9.17, 15) is 10.2 Å². The molecule has 2 N–H and O–H groups in total. The molecule has 0 heterocycles. The largest absolute Gasteiger partial charge is 0.507 e. The second-order valence-corrected chi connectivity index (χ2v) is 14.7. The first-order valence-electron chi connectivity index (χ1n) is 16.8. The Balaban J connectivity index is 1.90. The Kier molecular flexibility index (Phi) is 10.4. The van der Waals surface area contributed by atoms with Gasteiger partial charge in [0.05, 0.1) is 0 Å². The number of hydrogen-bond acceptors (Lipinski definition) is 2. The lowest BCUT2D eigenvalue weighted by Crippen LogP contribution is -2.22. The Morgan fingerprint density at radius 2 is 1.05 bits per heavy atom. The van der Waals surface area contributed by atoms with Crippen molar-refractivity contribution in [2.75, 3.05) is 0 Å². The zero-order valence-electron chi connectivity index (χ0n) is 28.3. The fraction of sp³-hybridized carbons (Fsp3) is 0.600. The Morgan fingerprint density at radius 1 is 0.690 bits per heavy atom. The molecule has 0 fully saturated rings. The fourth-order valence-electron chi connectivity index (χ4n) is 8.19. The minimum atomic E-state index is 0.344. The monoisotopic (exact) mass is 570 g/mol. The first-order chi connectivity index (χ1) is 19.8. The number of phenolic OH excluding ortho intramolecular Hbond substituents is 2. The number of hydrogen-bond donors (Lipinski definition) is 2. The molecular weight excluding hydrogens is 512 g/mol. The summed E-state index contributed by atoms with van der Waals surface area (Å²) in [4.78, 5) is 0. The number of aromatic hydroxyl groups is 2. The van der Waals surface area contributed by atoms with Crippen LogP contribution in [-0.4, -0.2) is 10.2 Å². The normalized spacial score (nSPS) is 23.0. The van der Waals surface area contributed by atoms with Gasteiger partial charge >= 0.3 is 0 Å². The Labute approximate surface area is 257 Å². The summed E-state index contributed by atoms with van der Waals surface area (Å²) < 4.78 is 0. The highest BCUT2D eigenvalue weighted by molar-refractivity contribution is 5.86. The molecule has 6 atom stereocenters. The second kappa shape index (κ2) is 13.4. The molecule has 0 bridgehead atoms. The predicted molar refractivity (Wildman–Crippen MR) is 181 cm³/mol. The van der Waals surface area contributed by atoms with E-state index in [0.29, 0.717) is 47.0 Å². The molecule has 0 aliphatic heterocycles. The predicted octanol–water partition coefficient (Wildman–Crippen LogP) is 12.1. The standard InChI is InChI=1S/C40H58O2/c1-23(2)13-11-15-25(5)31-19-17-27(7)35-33(31)21-29(9)39(41)37(35)38-36-28(8)18-20-32(26(6)16-12-14-24(3)4)34(36)22-30(10)40(38)42/h13-14,21-22,25-28,31-32,41-42H,11-12,15-20H2,1-10H3/t25-,26+,27-,28+,31+,32-. The highest BCUT2D eigenvalue weighted by atomic mass is 16.3. The number of rotatable bonds is 9. The molecule has 2 aromatic rings. The SMILES string of the molecule is CC(C)=CCC[C@@H](C)[C@@H]1CC[C@@H](C)c2c1cc(C)c(O)c2-c1c(O)c(C)cc2c1[C@@H](C)CC[C@@H]2[C@@H](C)CCC=C(C)C. The molecule has 0 spiro atoms. The van der Waals surface area contributed by atoms with E-state index in [1.807, 2.05) is 0 Å². The third kappa shape index (κ3) is 6.53. The lowest BCUT2D eigenvalue weighted by atomic mass is 9.66. The number of aryl methyl sites for hydroxylation is 2. The molecule has 2 nitrogen and oxygen atoms in total. The van der Waals surface area contributed by atoms with E-state index in [4.69, 9.17) is 0 Å². The van der Waals surface area contributed by atoms with E-state index in [-0.39, 0.29) is 0 Å². The van der Waals surface area contributed by atoms with Crippen LogP contribution in [0, 0.1) is 25.7 Å². The van der Waals surface area contributed by atoms with Crippen LogP contribution < -0.4 is 0 Å². The lowest BCUT2D eigenvalue weighted by molar-refractivity contribution is 0.366. The molecule has 0 aromatic heterocycles. The summed E-state index contributed by atoms with van der Waals surface area (Å²) in [6.45, 7) is 22.4. The van der Waals surface area contributed by atoms with Gasteiger partial charge in [0, 0.05) is 11.1 Å². The zero-order valence-corrected chi connectivity index (χ0v) is 28.3. The minimum absolute atomic E-state index is 0.344. The van der Waals surface area contributed by atoms with Crippen LogP contribution in [0.2, 0.25) is 0 Å². The second-order valence-electron chi connectivity index (χ2n) is 14.7. The third-order valence-corrected chi connectivity index (χ3v) is 10.7. The van der Waals surface area contributed by atoms with Gasteiger partial charge in [0.1, 0.15) is 11.5 Å². The topological polar surface area (TPSA) is 40.5 Å². The van der Waals surface area contributed by atoms with Gasteiger partial charge in [0.25, 0.3) is 0 Å². The highest BCUT2D eigenvalue weighted by Crippen LogP contribution is 2.57. The van der Waals surface area contributed by atoms with Crippen LogP contribution in [0.25, 0.3) is 11.1 Å². The first-order valence-corrected chi connectivity index (χ1v) is 16.8. The van der Waals surface area contributed by atoms with Gasteiger partial charge in [-0.2, -0.15) is 0 Å². The molecule has 42 heavy (non-hydrogen) atoms. The van der Waals surface area contributed by atoms with Crippen LogP contribution in [0.4, 0.5) is 0 Å². The molecule has 0 unspecified atom stereocenters. The van der Waals surface area contributed by atoms with Crippen molar-refractivity contribution in [1.82, 2.24) is 0 Å². The van der Waals surface area contributed by atoms with Crippen LogP contribution in [-0.2, 0) is 0 Å². The Morgan fingerprint density at radius 3 is 1.38 bits per heavy atom. The average molecular weight is 571 g/mol. The summed E-state index contributed by atoms with van der Waals surface area (Å²) in [5.41, 5.74) is 11.9. The van der Waals surface area contributed by atoms with Crippen molar-refractivity contribution in [2.24, 2.45) is 11.8 Å². The van der Waals surface area contributed by atoms with Gasteiger partial charge < -0.3 is 10.2 Å². The van der Waals surface area contributed by atoms with E-state index in [2.05, 4.69) is 93.5 Å². The molecule has 0 saturated heterocycles. The summed E-state index contributed by atoms with van der Waals surface area (Å²) >= 11 is 0. The molecule has 0 saturated carbocycles.